The Morgan fingerprint density at radius 2 is 1.43 bits per heavy atom. The van der Waals surface area contributed by atoms with Crippen LogP contribution in [0.25, 0.3) is 0 Å². The first-order valence-corrected chi connectivity index (χ1v) is 9.77. The lowest BCUT2D eigenvalue weighted by Crippen LogP contribution is -2.62. The molecule has 1 saturated heterocycles. The molecule has 2 atom stereocenters. The zero-order chi connectivity index (χ0) is 20.7. The van der Waals surface area contributed by atoms with Gasteiger partial charge in [0, 0.05) is 11.9 Å². The molecule has 1 aliphatic heterocycles. The van der Waals surface area contributed by atoms with Gasteiger partial charge in [-0.15, -0.1) is 0 Å². The van der Waals surface area contributed by atoms with Gasteiger partial charge >= 0.3 is 0 Å². The Kier molecular flexibility index (Phi) is 5.15. The van der Waals surface area contributed by atoms with Crippen molar-refractivity contribution in [3.8, 4) is 0 Å². The van der Waals surface area contributed by atoms with Gasteiger partial charge in [0.25, 0.3) is 0 Å². The first-order chi connectivity index (χ1) is 13.0. The lowest BCUT2D eigenvalue weighted by atomic mass is 9.67. The molecule has 0 aliphatic carbocycles. The Bertz CT molecular complexity index is 806. The number of aryl methyl sites for hydroxylation is 2. The van der Waals surface area contributed by atoms with Gasteiger partial charge in [-0.2, -0.15) is 0 Å². The van der Waals surface area contributed by atoms with Crippen LogP contribution in [0.4, 0.5) is 0 Å². The van der Waals surface area contributed by atoms with E-state index < -0.39 is 28.7 Å². The van der Waals surface area contributed by atoms with Crippen LogP contribution in [0.3, 0.4) is 0 Å². The standard InChI is InChI=1S/C24H30O4/c1-16-6-10-18(11-7-16)24(27,19-12-8-17(2)9-13-19)23(5)15-14-20(21(25)26)22(3,4)28-23/h6-13,20,27H,14-15H2,1-5H3,(H,25,26)/p-1/t20-,23+/m1/s1. The van der Waals surface area contributed by atoms with Crippen molar-refractivity contribution in [1.82, 2.24) is 0 Å². The number of hydrogen-bond donors (Lipinski definition) is 1. The fourth-order valence-corrected chi connectivity index (χ4v) is 4.49. The van der Waals surface area contributed by atoms with Crippen molar-refractivity contribution in [3.63, 3.8) is 0 Å². The van der Waals surface area contributed by atoms with E-state index >= 15 is 0 Å². The maximum Gasteiger partial charge on any atom is 0.143 e. The topological polar surface area (TPSA) is 69.6 Å². The molecule has 150 valence electrons. The fourth-order valence-electron chi connectivity index (χ4n) is 4.49. The van der Waals surface area contributed by atoms with Gasteiger partial charge in [-0.05, 0) is 58.6 Å². The molecule has 2 aromatic carbocycles. The third-order valence-corrected chi connectivity index (χ3v) is 6.23. The van der Waals surface area contributed by atoms with Crippen LogP contribution in [0.15, 0.2) is 48.5 Å². The maximum atomic E-state index is 12.2. The van der Waals surface area contributed by atoms with Crippen LogP contribution < -0.4 is 5.11 Å². The molecule has 0 saturated carbocycles. The zero-order valence-corrected chi connectivity index (χ0v) is 17.3. The predicted octanol–water partition coefficient (Wildman–Crippen LogP) is 3.25. The Hall–Kier alpha value is -2.17. The maximum absolute atomic E-state index is 12.2. The highest BCUT2D eigenvalue weighted by molar-refractivity contribution is 5.69. The normalized spacial score (nSPS) is 24.7. The number of rotatable bonds is 4. The molecule has 0 bridgehead atoms. The lowest BCUT2D eigenvalue weighted by Gasteiger charge is -2.55. The summed E-state index contributed by atoms with van der Waals surface area (Å²) in [7, 11) is 0. The molecular formula is C24H29O4-. The summed E-state index contributed by atoms with van der Waals surface area (Å²) in [5.74, 6) is -1.83. The second kappa shape index (κ2) is 7.02. The first kappa shape index (κ1) is 20.6. The Balaban J connectivity index is 2.15. The third kappa shape index (κ3) is 3.36. The molecule has 1 N–H and O–H groups in total. The minimum absolute atomic E-state index is 0.381. The van der Waals surface area contributed by atoms with Gasteiger partial charge in [-0.3, -0.25) is 0 Å². The molecule has 1 fully saturated rings. The highest BCUT2D eigenvalue weighted by Gasteiger charge is 2.56. The van der Waals surface area contributed by atoms with Crippen LogP contribution in [-0.2, 0) is 15.1 Å². The van der Waals surface area contributed by atoms with E-state index in [9.17, 15) is 15.0 Å². The molecule has 0 amide bonds. The summed E-state index contributed by atoms with van der Waals surface area (Å²) >= 11 is 0. The Morgan fingerprint density at radius 3 is 1.79 bits per heavy atom. The van der Waals surface area contributed by atoms with E-state index in [2.05, 4.69) is 0 Å². The number of aliphatic hydroxyl groups is 1. The first-order valence-electron chi connectivity index (χ1n) is 9.77. The van der Waals surface area contributed by atoms with Crippen LogP contribution >= 0.6 is 0 Å². The Morgan fingerprint density at radius 1 is 1.00 bits per heavy atom. The molecule has 1 heterocycles. The molecule has 0 unspecified atom stereocenters. The number of carbonyl (C=O) groups excluding carboxylic acids is 1. The minimum Gasteiger partial charge on any atom is -0.550 e. The van der Waals surface area contributed by atoms with Crippen molar-refractivity contribution < 1.29 is 19.7 Å². The summed E-state index contributed by atoms with van der Waals surface area (Å²) in [5.41, 5.74) is 0.258. The summed E-state index contributed by atoms with van der Waals surface area (Å²) in [4.78, 5) is 11.6. The minimum atomic E-state index is -1.43. The summed E-state index contributed by atoms with van der Waals surface area (Å²) < 4.78 is 6.40. The van der Waals surface area contributed by atoms with Crippen molar-refractivity contribution in [3.05, 3.63) is 70.8 Å². The summed E-state index contributed by atoms with van der Waals surface area (Å²) in [6.07, 6.45) is 0.777. The van der Waals surface area contributed by atoms with Crippen LogP contribution in [-0.4, -0.2) is 22.3 Å². The van der Waals surface area contributed by atoms with Crippen molar-refractivity contribution >= 4 is 5.97 Å². The van der Waals surface area contributed by atoms with Crippen LogP contribution in [0.5, 0.6) is 0 Å². The lowest BCUT2D eigenvalue weighted by molar-refractivity contribution is -0.330. The summed E-state index contributed by atoms with van der Waals surface area (Å²) in [5, 5.41) is 23.8. The number of benzene rings is 2. The molecule has 0 radical (unpaired) electrons. The van der Waals surface area contributed by atoms with Crippen LogP contribution in [0.1, 0.15) is 55.9 Å². The molecule has 3 rings (SSSR count). The second-order valence-corrected chi connectivity index (χ2v) is 8.79. The fraction of sp³-hybridized carbons (Fsp3) is 0.458. The third-order valence-electron chi connectivity index (χ3n) is 6.23. The van der Waals surface area contributed by atoms with Gasteiger partial charge in [0.2, 0.25) is 0 Å². The van der Waals surface area contributed by atoms with Crippen molar-refractivity contribution in [2.24, 2.45) is 5.92 Å². The zero-order valence-electron chi connectivity index (χ0n) is 17.3. The van der Waals surface area contributed by atoms with Crippen LogP contribution in [0, 0.1) is 19.8 Å². The Labute approximate surface area is 167 Å². The highest BCUT2D eigenvalue weighted by atomic mass is 16.5. The highest BCUT2D eigenvalue weighted by Crippen LogP contribution is 2.51. The average Bonchev–Trinajstić information content (AvgIpc) is 2.61. The monoisotopic (exact) mass is 381 g/mol. The SMILES string of the molecule is Cc1ccc(C(O)(c2ccc(C)cc2)[C@]2(C)CC[C@H](C(=O)[O-])C(C)(C)O2)cc1. The van der Waals surface area contributed by atoms with Gasteiger partial charge in [0.05, 0.1) is 5.60 Å². The van der Waals surface area contributed by atoms with E-state index in [1.165, 1.54) is 0 Å². The quantitative estimate of drug-likeness (QED) is 0.883. The van der Waals surface area contributed by atoms with Crippen LogP contribution in [0.2, 0.25) is 0 Å². The van der Waals surface area contributed by atoms with Gasteiger partial charge in [-0.25, -0.2) is 0 Å². The smallest absolute Gasteiger partial charge is 0.143 e. The van der Waals surface area contributed by atoms with E-state index in [1.54, 1.807) is 13.8 Å². The van der Waals surface area contributed by atoms with E-state index in [1.807, 2.05) is 69.3 Å². The largest absolute Gasteiger partial charge is 0.550 e. The summed E-state index contributed by atoms with van der Waals surface area (Å²) in [6.45, 7) is 9.40. The molecule has 1 aliphatic rings. The van der Waals surface area contributed by atoms with E-state index in [4.69, 9.17) is 4.74 Å². The number of hydrogen-bond acceptors (Lipinski definition) is 4. The number of carbonyl (C=O) groups is 1. The van der Waals surface area contributed by atoms with Gasteiger partial charge in [0.1, 0.15) is 11.2 Å². The molecule has 4 nitrogen and oxygen atoms in total. The summed E-state index contributed by atoms with van der Waals surface area (Å²) in [6, 6.07) is 15.5. The molecule has 2 aromatic rings. The average molecular weight is 381 g/mol. The molecule has 0 spiro atoms. The van der Waals surface area contributed by atoms with Crippen molar-refractivity contribution in [1.29, 1.82) is 0 Å². The second-order valence-electron chi connectivity index (χ2n) is 8.79. The van der Waals surface area contributed by atoms with E-state index in [0.29, 0.717) is 12.8 Å². The number of carboxylic acids is 1. The molecule has 4 heteroatoms. The predicted molar refractivity (Wildman–Crippen MR) is 107 cm³/mol. The van der Waals surface area contributed by atoms with Crippen molar-refractivity contribution in [2.75, 3.05) is 0 Å². The van der Waals surface area contributed by atoms with Gasteiger partial charge in [-0.1, -0.05) is 59.7 Å². The number of carboxylic acid groups (broad SMARTS) is 1. The van der Waals surface area contributed by atoms with E-state index in [0.717, 1.165) is 22.3 Å². The van der Waals surface area contributed by atoms with E-state index in [-0.39, 0.29) is 0 Å². The molecule has 28 heavy (non-hydrogen) atoms. The number of ether oxygens (including phenoxy) is 1. The number of aliphatic carboxylic acids is 1. The van der Waals surface area contributed by atoms with Crippen molar-refractivity contribution in [2.45, 2.75) is 64.3 Å². The van der Waals surface area contributed by atoms with Gasteiger partial charge < -0.3 is 19.7 Å². The molecule has 0 aromatic heterocycles. The molecular weight excluding hydrogens is 352 g/mol. The van der Waals surface area contributed by atoms with Gasteiger partial charge in [0.15, 0.2) is 0 Å².